The Hall–Kier alpha value is -3.35. The zero-order chi connectivity index (χ0) is 20.4. The third kappa shape index (κ3) is 4.84. The van der Waals surface area contributed by atoms with E-state index in [-0.39, 0.29) is 5.69 Å². The summed E-state index contributed by atoms with van der Waals surface area (Å²) in [7, 11) is -4.71. The lowest BCUT2D eigenvalue weighted by molar-refractivity contribution is -0.384. The first-order valence-corrected chi connectivity index (χ1v) is 8.27. The summed E-state index contributed by atoms with van der Waals surface area (Å²) in [6.07, 6.45) is -4.77. The molecule has 27 heavy (non-hydrogen) atoms. The number of rotatable bonds is 5. The molecule has 2 rings (SSSR count). The van der Waals surface area contributed by atoms with E-state index in [1.54, 1.807) is 0 Å². The van der Waals surface area contributed by atoms with Crippen LogP contribution in [0.25, 0.3) is 0 Å². The van der Waals surface area contributed by atoms with E-state index in [0.717, 1.165) is 24.3 Å². The molecule has 0 aromatic heterocycles. The molecule has 9 nitrogen and oxygen atoms in total. The summed E-state index contributed by atoms with van der Waals surface area (Å²) in [5.74, 6) is -0.547. The maximum atomic E-state index is 12.7. The van der Waals surface area contributed by atoms with Crippen LogP contribution in [-0.4, -0.2) is 19.4 Å². The molecule has 3 N–H and O–H groups in total. The molecule has 144 valence electrons. The molecule has 0 saturated carbocycles. The number of nitro benzene ring substituents is 1. The molecular weight excluding hydrogens is 395 g/mol. The standard InChI is InChI=1S/C14H10F3N3O6S/c15-14(16,17)8-2-1-3-10(6-8)27(24,25)26-9-4-5-11(19-13(18)21)12(7-9)20(22)23/h1-7H,(H3,18,19,21). The topological polar surface area (TPSA) is 142 Å². The quantitative estimate of drug-likeness (QED) is 0.445. The fourth-order valence-electron chi connectivity index (χ4n) is 1.96. The highest BCUT2D eigenvalue weighted by molar-refractivity contribution is 7.87. The van der Waals surface area contributed by atoms with Crippen LogP contribution in [0.4, 0.5) is 29.3 Å². The zero-order valence-corrected chi connectivity index (χ0v) is 13.9. The van der Waals surface area contributed by atoms with Gasteiger partial charge in [0.15, 0.2) is 0 Å². The van der Waals surface area contributed by atoms with Gasteiger partial charge in [-0.25, -0.2) is 4.79 Å². The summed E-state index contributed by atoms with van der Waals surface area (Å²) in [5, 5.41) is 13.0. The minimum atomic E-state index is -4.77. The highest BCUT2D eigenvalue weighted by Crippen LogP contribution is 2.33. The average Bonchev–Trinajstić information content (AvgIpc) is 2.54. The molecule has 2 aromatic carbocycles. The molecule has 13 heteroatoms. The second-order valence-corrected chi connectivity index (χ2v) is 6.53. The van der Waals surface area contributed by atoms with Crippen molar-refractivity contribution < 1.29 is 35.5 Å². The van der Waals surface area contributed by atoms with Crippen molar-refractivity contribution in [3.05, 3.63) is 58.1 Å². The van der Waals surface area contributed by atoms with E-state index in [0.29, 0.717) is 18.2 Å². The molecule has 0 fully saturated rings. The third-order valence-electron chi connectivity index (χ3n) is 3.08. The second-order valence-electron chi connectivity index (χ2n) is 4.99. The van der Waals surface area contributed by atoms with E-state index in [4.69, 9.17) is 5.73 Å². The highest BCUT2D eigenvalue weighted by atomic mass is 32.2. The van der Waals surface area contributed by atoms with Gasteiger partial charge in [0.2, 0.25) is 0 Å². The van der Waals surface area contributed by atoms with Crippen molar-refractivity contribution in [2.75, 3.05) is 5.32 Å². The van der Waals surface area contributed by atoms with E-state index < -0.39 is 49.1 Å². The SMILES string of the molecule is NC(=O)Nc1ccc(OS(=O)(=O)c2cccc(C(F)(F)F)c2)cc1[N+](=O)[O-]. The second kappa shape index (κ2) is 7.11. The number of benzene rings is 2. The molecule has 0 aliphatic heterocycles. The van der Waals surface area contributed by atoms with Crippen LogP contribution in [0.3, 0.4) is 0 Å². The maximum absolute atomic E-state index is 12.7. The summed E-state index contributed by atoms with van der Waals surface area (Å²) < 4.78 is 67.2. The monoisotopic (exact) mass is 405 g/mol. The van der Waals surface area contributed by atoms with Crippen LogP contribution in [0.15, 0.2) is 47.4 Å². The van der Waals surface area contributed by atoms with Crippen molar-refractivity contribution in [3.8, 4) is 5.75 Å². The van der Waals surface area contributed by atoms with Gasteiger partial charge in [-0.2, -0.15) is 21.6 Å². The maximum Gasteiger partial charge on any atom is 0.416 e. The van der Waals surface area contributed by atoms with Gasteiger partial charge in [0.05, 0.1) is 16.6 Å². The molecular formula is C14H10F3N3O6S. The zero-order valence-electron chi connectivity index (χ0n) is 13.1. The number of carbonyl (C=O) groups is 1. The summed E-state index contributed by atoms with van der Waals surface area (Å²) >= 11 is 0. The van der Waals surface area contributed by atoms with E-state index in [1.165, 1.54) is 0 Å². The fourth-order valence-corrected chi connectivity index (χ4v) is 2.93. The predicted octanol–water partition coefficient (Wildman–Crippen LogP) is 2.87. The molecule has 2 aromatic rings. The van der Waals surface area contributed by atoms with Crippen molar-refractivity contribution >= 4 is 27.5 Å². The molecule has 0 radical (unpaired) electrons. The van der Waals surface area contributed by atoms with Crippen LogP contribution in [0, 0.1) is 10.1 Å². The van der Waals surface area contributed by atoms with Crippen molar-refractivity contribution in [3.63, 3.8) is 0 Å². The molecule has 0 saturated heterocycles. The number of halogens is 3. The number of amides is 2. The normalized spacial score (nSPS) is 11.7. The van der Waals surface area contributed by atoms with Crippen LogP contribution in [0.1, 0.15) is 5.56 Å². The van der Waals surface area contributed by atoms with Crippen molar-refractivity contribution in [1.29, 1.82) is 0 Å². The number of hydrogen-bond acceptors (Lipinski definition) is 6. The number of nitrogens with one attached hydrogen (secondary N) is 1. The smallest absolute Gasteiger partial charge is 0.379 e. The first-order chi connectivity index (χ1) is 12.4. The Kier molecular flexibility index (Phi) is 5.26. The number of nitro groups is 1. The lowest BCUT2D eigenvalue weighted by Gasteiger charge is -2.11. The number of nitrogens with two attached hydrogens (primary N) is 1. The van der Waals surface area contributed by atoms with Crippen molar-refractivity contribution in [1.82, 2.24) is 0 Å². The van der Waals surface area contributed by atoms with Crippen LogP contribution < -0.4 is 15.2 Å². The summed E-state index contributed by atoms with van der Waals surface area (Å²) in [6.45, 7) is 0. The van der Waals surface area contributed by atoms with E-state index in [2.05, 4.69) is 4.18 Å². The van der Waals surface area contributed by atoms with Crippen LogP contribution in [-0.2, 0) is 16.3 Å². The number of primary amides is 1. The van der Waals surface area contributed by atoms with Crippen molar-refractivity contribution in [2.24, 2.45) is 5.73 Å². The number of hydrogen-bond donors (Lipinski definition) is 2. The molecule has 0 aliphatic rings. The Morgan fingerprint density at radius 2 is 1.85 bits per heavy atom. The summed E-state index contributed by atoms with van der Waals surface area (Å²) in [5.41, 5.74) is 2.60. The van der Waals surface area contributed by atoms with Gasteiger partial charge in [0.1, 0.15) is 16.3 Å². The van der Waals surface area contributed by atoms with Gasteiger partial charge in [-0.1, -0.05) is 6.07 Å². The lowest BCUT2D eigenvalue weighted by atomic mass is 10.2. The van der Waals surface area contributed by atoms with Gasteiger partial charge in [-0.05, 0) is 30.3 Å². The van der Waals surface area contributed by atoms with E-state index in [9.17, 15) is 36.5 Å². The molecule has 0 bridgehead atoms. The Morgan fingerprint density at radius 3 is 2.41 bits per heavy atom. The van der Waals surface area contributed by atoms with Crippen molar-refractivity contribution in [2.45, 2.75) is 11.1 Å². The summed E-state index contributed by atoms with van der Waals surface area (Å²) in [4.78, 5) is 20.1. The van der Waals surface area contributed by atoms with Crippen LogP contribution in [0.5, 0.6) is 5.75 Å². The Balaban J connectivity index is 2.39. The summed E-state index contributed by atoms with van der Waals surface area (Å²) in [6, 6.07) is 4.30. The first kappa shape index (κ1) is 20.0. The van der Waals surface area contributed by atoms with Gasteiger partial charge in [0.25, 0.3) is 5.69 Å². The average molecular weight is 405 g/mol. The first-order valence-electron chi connectivity index (χ1n) is 6.87. The minimum Gasteiger partial charge on any atom is -0.379 e. The Morgan fingerprint density at radius 1 is 1.19 bits per heavy atom. The van der Waals surface area contributed by atoms with E-state index >= 15 is 0 Å². The Bertz CT molecular complexity index is 1010. The largest absolute Gasteiger partial charge is 0.416 e. The van der Waals surface area contributed by atoms with Gasteiger partial charge in [0, 0.05) is 0 Å². The number of urea groups is 1. The molecule has 0 unspecified atom stereocenters. The third-order valence-corrected chi connectivity index (χ3v) is 4.32. The van der Waals surface area contributed by atoms with Crippen LogP contribution >= 0.6 is 0 Å². The molecule has 0 heterocycles. The molecule has 0 aliphatic carbocycles. The number of alkyl halides is 3. The number of carbonyl (C=O) groups excluding carboxylic acids is 1. The van der Waals surface area contributed by atoms with Gasteiger partial charge in [-0.15, -0.1) is 0 Å². The highest BCUT2D eigenvalue weighted by Gasteiger charge is 2.32. The number of nitrogens with zero attached hydrogens (tertiary/aromatic N) is 1. The number of anilines is 1. The lowest BCUT2D eigenvalue weighted by Crippen LogP contribution is -2.20. The van der Waals surface area contributed by atoms with E-state index in [1.807, 2.05) is 5.32 Å². The minimum absolute atomic E-state index is 0.323. The Labute approximate surface area is 149 Å². The molecule has 0 spiro atoms. The van der Waals surface area contributed by atoms with Gasteiger partial charge < -0.3 is 15.2 Å². The molecule has 0 atom stereocenters. The van der Waals surface area contributed by atoms with Gasteiger partial charge in [-0.3, -0.25) is 10.1 Å². The fraction of sp³-hybridized carbons (Fsp3) is 0.0714. The predicted molar refractivity (Wildman–Crippen MR) is 85.6 cm³/mol. The molecule has 2 amide bonds. The van der Waals surface area contributed by atoms with Crippen LogP contribution in [0.2, 0.25) is 0 Å². The van der Waals surface area contributed by atoms with Gasteiger partial charge >= 0.3 is 22.3 Å².